The van der Waals surface area contributed by atoms with Gasteiger partial charge in [0.15, 0.2) is 5.16 Å². The van der Waals surface area contributed by atoms with E-state index in [1.807, 2.05) is 35.9 Å². The minimum atomic E-state index is -0.238. The molecule has 0 spiro atoms. The van der Waals surface area contributed by atoms with E-state index in [1.165, 1.54) is 17.8 Å². The third-order valence-corrected chi connectivity index (χ3v) is 5.49. The van der Waals surface area contributed by atoms with Crippen LogP contribution in [0, 0.1) is 11.7 Å². The number of nitrogens with one attached hydrogen (secondary N) is 1. The summed E-state index contributed by atoms with van der Waals surface area (Å²) < 4.78 is 15.7. The molecule has 2 aromatic carbocycles. The van der Waals surface area contributed by atoms with Crippen molar-refractivity contribution in [1.82, 2.24) is 14.8 Å². The summed E-state index contributed by atoms with van der Waals surface area (Å²) in [7, 11) is 1.89. The van der Waals surface area contributed by atoms with Crippen molar-refractivity contribution in [3.63, 3.8) is 0 Å². The summed E-state index contributed by atoms with van der Waals surface area (Å²) in [6.07, 6.45) is 2.34. The molecule has 1 aromatic heterocycles. The normalized spacial score (nSPS) is 18.5. The van der Waals surface area contributed by atoms with Crippen LogP contribution >= 0.6 is 11.8 Å². The van der Waals surface area contributed by atoms with Crippen molar-refractivity contribution in [1.29, 1.82) is 0 Å². The van der Waals surface area contributed by atoms with E-state index in [2.05, 4.69) is 15.5 Å². The van der Waals surface area contributed by atoms with E-state index < -0.39 is 0 Å². The molecule has 1 N–H and O–H groups in total. The van der Waals surface area contributed by atoms with Crippen LogP contribution in [-0.4, -0.2) is 20.7 Å². The predicted molar refractivity (Wildman–Crippen MR) is 97.4 cm³/mol. The number of rotatable bonds is 5. The molecule has 0 radical (unpaired) electrons. The zero-order valence-corrected chi connectivity index (χ0v) is 14.9. The minimum absolute atomic E-state index is 0.0260. The molecule has 1 aliphatic carbocycles. The Kier molecular flexibility index (Phi) is 4.46. The number of amides is 1. The number of carbonyl (C=O) groups is 1. The topological polar surface area (TPSA) is 59.8 Å². The second-order valence-electron chi connectivity index (χ2n) is 6.31. The van der Waals surface area contributed by atoms with E-state index in [0.717, 1.165) is 15.7 Å². The van der Waals surface area contributed by atoms with E-state index in [1.54, 1.807) is 24.5 Å². The molecule has 1 amide bonds. The van der Waals surface area contributed by atoms with Gasteiger partial charge in [-0.2, -0.15) is 0 Å². The Labute approximate surface area is 154 Å². The molecule has 7 heteroatoms. The molecule has 2 atom stereocenters. The Morgan fingerprint density at radius 3 is 2.69 bits per heavy atom. The number of nitrogens with zero attached hydrogens (tertiary/aromatic N) is 3. The lowest BCUT2D eigenvalue weighted by molar-refractivity contribution is -0.117. The number of aromatic nitrogens is 3. The number of anilines is 1. The quantitative estimate of drug-likeness (QED) is 0.743. The van der Waals surface area contributed by atoms with Gasteiger partial charge in [-0.05, 0) is 60.0 Å². The van der Waals surface area contributed by atoms with Crippen molar-refractivity contribution in [3.8, 4) is 0 Å². The lowest BCUT2D eigenvalue weighted by atomic mass is 10.1. The molecule has 4 rings (SSSR count). The maximum atomic E-state index is 13.8. The molecule has 2 unspecified atom stereocenters. The number of aryl methyl sites for hydroxylation is 1. The van der Waals surface area contributed by atoms with Crippen LogP contribution in [0.15, 0.2) is 64.9 Å². The second-order valence-corrected chi connectivity index (χ2v) is 7.35. The van der Waals surface area contributed by atoms with E-state index in [-0.39, 0.29) is 23.6 Å². The zero-order valence-electron chi connectivity index (χ0n) is 14.1. The van der Waals surface area contributed by atoms with Gasteiger partial charge in [-0.25, -0.2) is 4.39 Å². The highest BCUT2D eigenvalue weighted by Crippen LogP contribution is 2.48. The van der Waals surface area contributed by atoms with Crippen LogP contribution in [0.2, 0.25) is 0 Å². The lowest BCUT2D eigenvalue weighted by Gasteiger charge is -2.07. The number of halogens is 1. The van der Waals surface area contributed by atoms with Crippen molar-refractivity contribution in [3.05, 3.63) is 66.2 Å². The molecule has 0 saturated heterocycles. The van der Waals surface area contributed by atoms with E-state index in [9.17, 15) is 9.18 Å². The molecule has 1 fully saturated rings. The highest BCUT2D eigenvalue weighted by atomic mass is 32.2. The molecule has 26 heavy (non-hydrogen) atoms. The summed E-state index contributed by atoms with van der Waals surface area (Å²) in [4.78, 5) is 13.4. The number of hydrogen-bond donors (Lipinski definition) is 1. The van der Waals surface area contributed by atoms with E-state index >= 15 is 0 Å². The minimum Gasteiger partial charge on any atom is -0.326 e. The van der Waals surface area contributed by atoms with Crippen LogP contribution in [0.1, 0.15) is 17.9 Å². The van der Waals surface area contributed by atoms with Gasteiger partial charge >= 0.3 is 0 Å². The summed E-state index contributed by atoms with van der Waals surface area (Å²) >= 11 is 1.50. The molecule has 1 saturated carbocycles. The van der Waals surface area contributed by atoms with Crippen LogP contribution < -0.4 is 5.32 Å². The Balaban J connectivity index is 1.37. The summed E-state index contributed by atoms with van der Waals surface area (Å²) in [6.45, 7) is 0. The van der Waals surface area contributed by atoms with Crippen LogP contribution in [0.5, 0.6) is 0 Å². The Morgan fingerprint density at radius 2 is 2.00 bits per heavy atom. The van der Waals surface area contributed by atoms with E-state index in [4.69, 9.17) is 0 Å². The van der Waals surface area contributed by atoms with Crippen molar-refractivity contribution in [2.75, 3.05) is 5.32 Å². The molecule has 1 heterocycles. The maximum absolute atomic E-state index is 13.8. The van der Waals surface area contributed by atoms with Crippen molar-refractivity contribution in [2.45, 2.75) is 22.4 Å². The lowest BCUT2D eigenvalue weighted by Crippen LogP contribution is -2.14. The van der Waals surface area contributed by atoms with Gasteiger partial charge in [0.25, 0.3) is 0 Å². The fourth-order valence-corrected chi connectivity index (χ4v) is 3.68. The van der Waals surface area contributed by atoms with E-state index in [0.29, 0.717) is 12.0 Å². The fraction of sp³-hybridized carbons (Fsp3) is 0.211. The van der Waals surface area contributed by atoms with Crippen molar-refractivity contribution < 1.29 is 9.18 Å². The van der Waals surface area contributed by atoms with Gasteiger partial charge in [0.05, 0.1) is 0 Å². The standard InChI is InChI=1S/C19H17FN4OS/c1-24-11-21-23-19(24)26-13-8-6-12(7-9-13)22-18(25)16-10-15(16)14-4-2-3-5-17(14)20/h2-9,11,15-16H,10H2,1H3,(H,22,25). The molecule has 1 aliphatic rings. The van der Waals surface area contributed by atoms with Crippen LogP contribution in [-0.2, 0) is 11.8 Å². The van der Waals surface area contributed by atoms with Gasteiger partial charge in [-0.3, -0.25) is 4.79 Å². The average Bonchev–Trinajstić information content (AvgIpc) is 3.34. The zero-order chi connectivity index (χ0) is 18.1. The smallest absolute Gasteiger partial charge is 0.228 e. The van der Waals surface area contributed by atoms with Gasteiger partial charge in [-0.1, -0.05) is 18.2 Å². The molecule has 0 aliphatic heterocycles. The maximum Gasteiger partial charge on any atom is 0.228 e. The van der Waals surface area contributed by atoms with Crippen molar-refractivity contribution >= 4 is 23.4 Å². The number of benzene rings is 2. The Morgan fingerprint density at radius 1 is 1.23 bits per heavy atom. The molecule has 5 nitrogen and oxygen atoms in total. The number of hydrogen-bond acceptors (Lipinski definition) is 4. The summed E-state index contributed by atoms with van der Waals surface area (Å²) in [5.74, 6) is -0.494. The fourth-order valence-electron chi connectivity index (χ4n) is 2.92. The van der Waals surface area contributed by atoms with Gasteiger partial charge in [-0.15, -0.1) is 10.2 Å². The van der Waals surface area contributed by atoms with Gasteiger partial charge in [0, 0.05) is 23.5 Å². The largest absolute Gasteiger partial charge is 0.326 e. The van der Waals surface area contributed by atoms with Crippen LogP contribution in [0.25, 0.3) is 0 Å². The first-order valence-electron chi connectivity index (χ1n) is 8.29. The van der Waals surface area contributed by atoms with Crippen LogP contribution in [0.3, 0.4) is 0 Å². The SMILES string of the molecule is Cn1cnnc1Sc1ccc(NC(=O)C2CC2c2ccccc2F)cc1. The van der Waals surface area contributed by atoms with Gasteiger partial charge in [0.2, 0.25) is 5.91 Å². The molecular formula is C19H17FN4OS. The first kappa shape index (κ1) is 16.8. The first-order valence-corrected chi connectivity index (χ1v) is 9.10. The third-order valence-electron chi connectivity index (χ3n) is 4.43. The van der Waals surface area contributed by atoms with Crippen molar-refractivity contribution in [2.24, 2.45) is 13.0 Å². The number of carbonyl (C=O) groups excluding carboxylic acids is 1. The second kappa shape index (κ2) is 6.92. The summed E-state index contributed by atoms with van der Waals surface area (Å²) in [6, 6.07) is 14.2. The monoisotopic (exact) mass is 368 g/mol. The predicted octanol–water partition coefficient (Wildman–Crippen LogP) is 3.85. The van der Waals surface area contributed by atoms with Crippen LogP contribution in [0.4, 0.5) is 10.1 Å². The summed E-state index contributed by atoms with van der Waals surface area (Å²) in [5.41, 5.74) is 1.36. The molecule has 0 bridgehead atoms. The average molecular weight is 368 g/mol. The first-order chi connectivity index (χ1) is 12.6. The summed E-state index contributed by atoms with van der Waals surface area (Å²) in [5, 5.41) is 11.6. The Hall–Kier alpha value is -2.67. The highest BCUT2D eigenvalue weighted by molar-refractivity contribution is 7.99. The third kappa shape index (κ3) is 3.48. The highest BCUT2D eigenvalue weighted by Gasteiger charge is 2.45. The van der Waals surface area contributed by atoms with Gasteiger partial charge in [0.1, 0.15) is 12.1 Å². The Bertz CT molecular complexity index is 941. The molecular weight excluding hydrogens is 351 g/mol. The van der Waals surface area contributed by atoms with Gasteiger partial charge < -0.3 is 9.88 Å². The molecule has 132 valence electrons. The molecule has 3 aromatic rings.